The van der Waals surface area contributed by atoms with Crippen LogP contribution >= 0.6 is 0 Å². The predicted molar refractivity (Wildman–Crippen MR) is 48.4 cm³/mol. The highest BCUT2D eigenvalue weighted by atomic mass is 19.1. The molecule has 1 heterocycles. The molecule has 0 bridgehead atoms. The van der Waals surface area contributed by atoms with Crippen molar-refractivity contribution in [3.05, 3.63) is 29.8 Å². The lowest BCUT2D eigenvalue weighted by molar-refractivity contribution is -0.139. The van der Waals surface area contributed by atoms with Crippen molar-refractivity contribution < 1.29 is 14.3 Å². The third-order valence-electron chi connectivity index (χ3n) is 1.93. The Kier molecular flexibility index (Phi) is 3.53. The summed E-state index contributed by atoms with van der Waals surface area (Å²) in [4.78, 5) is 14.2. The highest BCUT2D eigenvalue weighted by Gasteiger charge is 2.16. The highest BCUT2D eigenvalue weighted by molar-refractivity contribution is 5.73. The number of nitrogens with zero attached hydrogens (tertiary/aromatic N) is 1. The number of hydrogen-bond acceptors (Lipinski definition) is 3. The van der Waals surface area contributed by atoms with Gasteiger partial charge in [-0.05, 0) is 18.7 Å². The zero-order valence-electron chi connectivity index (χ0n) is 7.70. The smallest absolute Gasteiger partial charge is 0.321 e. The fourth-order valence-electron chi connectivity index (χ4n) is 1.10. The quantitative estimate of drug-likeness (QED) is 0.736. The summed E-state index contributed by atoms with van der Waals surface area (Å²) in [6.07, 6.45) is 2.62. The van der Waals surface area contributed by atoms with E-state index in [0.29, 0.717) is 5.56 Å². The van der Waals surface area contributed by atoms with Gasteiger partial charge in [-0.3, -0.25) is 9.78 Å². The van der Waals surface area contributed by atoms with Crippen LogP contribution in [0.2, 0.25) is 0 Å². The van der Waals surface area contributed by atoms with Gasteiger partial charge in [0.15, 0.2) is 0 Å². The molecule has 5 heteroatoms. The fourth-order valence-corrected chi connectivity index (χ4v) is 1.10. The molecule has 0 spiro atoms. The summed E-state index contributed by atoms with van der Waals surface area (Å²) in [6.45, 7) is 0. The first kappa shape index (κ1) is 10.6. The molecule has 1 rings (SSSR count). The zero-order valence-corrected chi connectivity index (χ0v) is 7.70. The van der Waals surface area contributed by atoms with Crippen LogP contribution in [0, 0.1) is 5.82 Å². The van der Waals surface area contributed by atoms with Gasteiger partial charge >= 0.3 is 5.97 Å². The second kappa shape index (κ2) is 4.66. The van der Waals surface area contributed by atoms with Gasteiger partial charge < -0.3 is 10.4 Å². The van der Waals surface area contributed by atoms with Crippen LogP contribution in [0.4, 0.5) is 4.39 Å². The molecule has 14 heavy (non-hydrogen) atoms. The van der Waals surface area contributed by atoms with Gasteiger partial charge in [0, 0.05) is 12.6 Å². The average Bonchev–Trinajstić information content (AvgIpc) is 2.16. The van der Waals surface area contributed by atoms with E-state index in [-0.39, 0.29) is 6.42 Å². The molecule has 0 radical (unpaired) electrons. The molecule has 0 aliphatic carbocycles. The van der Waals surface area contributed by atoms with E-state index >= 15 is 0 Å². The summed E-state index contributed by atoms with van der Waals surface area (Å²) in [5.74, 6) is -1.47. The molecule has 0 aliphatic rings. The second-order valence-corrected chi connectivity index (χ2v) is 2.85. The Morgan fingerprint density at radius 2 is 2.50 bits per heavy atom. The van der Waals surface area contributed by atoms with Gasteiger partial charge in [0.1, 0.15) is 11.9 Å². The topological polar surface area (TPSA) is 62.2 Å². The van der Waals surface area contributed by atoms with Crippen LogP contribution in [-0.2, 0) is 11.2 Å². The lowest BCUT2D eigenvalue weighted by Gasteiger charge is -2.10. The van der Waals surface area contributed by atoms with Gasteiger partial charge in [-0.2, -0.15) is 0 Å². The summed E-state index contributed by atoms with van der Waals surface area (Å²) in [5.41, 5.74) is 0.349. The van der Waals surface area contributed by atoms with Crippen molar-refractivity contribution in [2.45, 2.75) is 12.5 Å². The molecule has 0 aliphatic heterocycles. The first-order valence-corrected chi connectivity index (χ1v) is 4.13. The highest BCUT2D eigenvalue weighted by Crippen LogP contribution is 2.07. The monoisotopic (exact) mass is 198 g/mol. The zero-order chi connectivity index (χ0) is 10.6. The number of likely N-dealkylation sites (N-methyl/N-ethyl adjacent to an activating group) is 1. The summed E-state index contributed by atoms with van der Waals surface area (Å²) in [5, 5.41) is 11.3. The fraction of sp³-hybridized carbons (Fsp3) is 0.333. The predicted octanol–water partition coefficient (Wildman–Crippen LogP) is 0.436. The number of pyridine rings is 1. The minimum Gasteiger partial charge on any atom is -0.480 e. The van der Waals surface area contributed by atoms with Gasteiger partial charge in [0.25, 0.3) is 0 Å². The molecule has 0 amide bonds. The Bertz CT molecular complexity index is 330. The third kappa shape index (κ3) is 2.50. The lowest BCUT2D eigenvalue weighted by Crippen LogP contribution is -2.36. The summed E-state index contributed by atoms with van der Waals surface area (Å²) in [7, 11) is 1.53. The van der Waals surface area contributed by atoms with Crippen molar-refractivity contribution in [3.8, 4) is 0 Å². The second-order valence-electron chi connectivity index (χ2n) is 2.85. The van der Waals surface area contributed by atoms with E-state index in [1.807, 2.05) is 0 Å². The number of aliphatic carboxylic acids is 1. The number of rotatable bonds is 4. The van der Waals surface area contributed by atoms with E-state index in [1.54, 1.807) is 0 Å². The Balaban J connectivity index is 2.77. The van der Waals surface area contributed by atoms with Crippen LogP contribution in [-0.4, -0.2) is 29.1 Å². The molecule has 0 saturated carbocycles. The van der Waals surface area contributed by atoms with Crippen LogP contribution in [0.25, 0.3) is 0 Å². The molecule has 1 atom stereocenters. The SMILES string of the molecule is CN[C@@H](Cc1ccncc1F)C(=O)O. The minimum atomic E-state index is -0.997. The molecule has 0 unspecified atom stereocenters. The number of carboxylic acids is 1. The van der Waals surface area contributed by atoms with Crippen molar-refractivity contribution in [1.29, 1.82) is 0 Å². The maximum atomic E-state index is 13.1. The number of halogens is 1. The number of nitrogens with one attached hydrogen (secondary N) is 1. The van der Waals surface area contributed by atoms with Crippen LogP contribution in [0.5, 0.6) is 0 Å². The molecule has 4 nitrogen and oxygen atoms in total. The maximum absolute atomic E-state index is 13.1. The molecular weight excluding hydrogens is 187 g/mol. The van der Waals surface area contributed by atoms with E-state index in [2.05, 4.69) is 10.3 Å². The first-order valence-electron chi connectivity index (χ1n) is 4.13. The van der Waals surface area contributed by atoms with Gasteiger partial charge in [-0.15, -0.1) is 0 Å². The number of hydrogen-bond donors (Lipinski definition) is 2. The molecule has 0 aromatic carbocycles. The van der Waals surface area contributed by atoms with Crippen molar-refractivity contribution in [3.63, 3.8) is 0 Å². The summed E-state index contributed by atoms with van der Waals surface area (Å²) in [6, 6.07) is 0.703. The van der Waals surface area contributed by atoms with Crippen molar-refractivity contribution in [2.75, 3.05) is 7.05 Å². The Morgan fingerprint density at radius 3 is 3.00 bits per heavy atom. The number of aromatic nitrogens is 1. The van der Waals surface area contributed by atoms with E-state index in [0.717, 1.165) is 6.20 Å². The van der Waals surface area contributed by atoms with Crippen LogP contribution in [0.3, 0.4) is 0 Å². The molecular formula is C9H11FN2O2. The van der Waals surface area contributed by atoms with E-state index in [9.17, 15) is 9.18 Å². The number of carboxylic acid groups (broad SMARTS) is 1. The molecule has 0 fully saturated rings. The molecule has 1 aromatic heterocycles. The molecule has 76 valence electrons. The van der Waals surface area contributed by atoms with Gasteiger partial charge in [-0.1, -0.05) is 0 Å². The average molecular weight is 198 g/mol. The van der Waals surface area contributed by atoms with Gasteiger partial charge in [0.2, 0.25) is 0 Å². The number of carbonyl (C=O) groups is 1. The van der Waals surface area contributed by atoms with E-state index in [1.165, 1.54) is 19.3 Å². The van der Waals surface area contributed by atoms with Crippen molar-refractivity contribution in [2.24, 2.45) is 0 Å². The Hall–Kier alpha value is -1.49. The first-order chi connectivity index (χ1) is 6.65. The Morgan fingerprint density at radius 1 is 1.79 bits per heavy atom. The standard InChI is InChI=1S/C9H11FN2O2/c1-11-8(9(13)14)4-6-2-3-12-5-7(6)10/h2-3,5,8,11H,4H2,1H3,(H,13,14)/t8-/m0/s1. The van der Waals surface area contributed by atoms with Gasteiger partial charge in [-0.25, -0.2) is 4.39 Å². The summed E-state index contributed by atoms with van der Waals surface area (Å²) < 4.78 is 13.1. The van der Waals surface area contributed by atoms with Crippen LogP contribution < -0.4 is 5.32 Å². The normalized spacial score (nSPS) is 12.4. The molecule has 0 saturated heterocycles. The molecule has 2 N–H and O–H groups in total. The minimum absolute atomic E-state index is 0.111. The van der Waals surface area contributed by atoms with Crippen LogP contribution in [0.1, 0.15) is 5.56 Å². The largest absolute Gasteiger partial charge is 0.480 e. The maximum Gasteiger partial charge on any atom is 0.321 e. The van der Waals surface area contributed by atoms with E-state index < -0.39 is 17.8 Å². The van der Waals surface area contributed by atoms with Crippen LogP contribution in [0.15, 0.2) is 18.5 Å². The third-order valence-corrected chi connectivity index (χ3v) is 1.93. The van der Waals surface area contributed by atoms with Crippen molar-refractivity contribution >= 4 is 5.97 Å². The lowest BCUT2D eigenvalue weighted by atomic mass is 10.1. The van der Waals surface area contributed by atoms with E-state index in [4.69, 9.17) is 5.11 Å². The van der Waals surface area contributed by atoms with Crippen molar-refractivity contribution in [1.82, 2.24) is 10.3 Å². The van der Waals surface area contributed by atoms with Gasteiger partial charge in [0.05, 0.1) is 6.20 Å². The Labute approximate surface area is 80.8 Å². The summed E-state index contributed by atoms with van der Waals surface area (Å²) >= 11 is 0. The molecule has 1 aromatic rings.